The predicted octanol–water partition coefficient (Wildman–Crippen LogP) is 3.97. The average molecular weight is 418 g/mol. The Kier molecular flexibility index (Phi) is 7.65. The van der Waals surface area contributed by atoms with Crippen molar-refractivity contribution in [3.05, 3.63) is 33.9 Å². The number of esters is 1. The van der Waals surface area contributed by atoms with Crippen molar-refractivity contribution in [2.75, 3.05) is 18.0 Å². The molecule has 1 amide bonds. The van der Waals surface area contributed by atoms with Crippen LogP contribution in [0.25, 0.3) is 0 Å². The number of carbonyl (C=O) groups is 2. The number of hydrogen-bond donors (Lipinski definition) is 1. The van der Waals surface area contributed by atoms with Crippen molar-refractivity contribution in [1.82, 2.24) is 5.32 Å². The van der Waals surface area contributed by atoms with Crippen molar-refractivity contribution in [1.29, 1.82) is 0 Å². The lowest BCUT2D eigenvalue weighted by Crippen LogP contribution is -2.42. The Bertz CT molecular complexity index is 768. The highest BCUT2D eigenvalue weighted by Gasteiger charge is 2.26. The monoisotopic (exact) mass is 417 g/mol. The van der Waals surface area contributed by atoms with Gasteiger partial charge in [0.15, 0.2) is 6.10 Å². The minimum Gasteiger partial charge on any atom is -0.449 e. The molecule has 8 heteroatoms. The summed E-state index contributed by atoms with van der Waals surface area (Å²) in [5.41, 5.74) is 0.504. The fourth-order valence-electron chi connectivity index (χ4n) is 4.22. The summed E-state index contributed by atoms with van der Waals surface area (Å²) in [6.07, 6.45) is 8.52. The second kappa shape index (κ2) is 10.4. The highest BCUT2D eigenvalue weighted by molar-refractivity contribution is 5.93. The summed E-state index contributed by atoms with van der Waals surface area (Å²) in [5.74, 6) is -1.06. The number of anilines is 1. The molecule has 1 atom stereocenters. The molecular weight excluding hydrogens is 386 g/mol. The van der Waals surface area contributed by atoms with Gasteiger partial charge in [-0.1, -0.05) is 32.1 Å². The molecule has 1 heterocycles. The molecular formula is C22H31N3O5. The molecule has 0 bridgehead atoms. The van der Waals surface area contributed by atoms with E-state index >= 15 is 0 Å². The van der Waals surface area contributed by atoms with Gasteiger partial charge in [-0.2, -0.15) is 0 Å². The number of amides is 1. The largest absolute Gasteiger partial charge is 0.449 e. The smallest absolute Gasteiger partial charge is 0.339 e. The van der Waals surface area contributed by atoms with Crippen molar-refractivity contribution >= 4 is 23.3 Å². The third kappa shape index (κ3) is 5.70. The van der Waals surface area contributed by atoms with Crippen LogP contribution in [0, 0.1) is 10.1 Å². The minimum atomic E-state index is -0.955. The van der Waals surface area contributed by atoms with Crippen molar-refractivity contribution in [2.45, 2.75) is 76.9 Å². The molecule has 0 spiro atoms. The van der Waals surface area contributed by atoms with Gasteiger partial charge in [0.25, 0.3) is 11.6 Å². The van der Waals surface area contributed by atoms with Gasteiger partial charge in [0, 0.05) is 25.2 Å². The molecule has 1 aromatic carbocycles. The third-order valence-corrected chi connectivity index (χ3v) is 5.96. The van der Waals surface area contributed by atoms with Crippen LogP contribution in [0.2, 0.25) is 0 Å². The molecule has 1 saturated carbocycles. The Labute approximate surface area is 177 Å². The van der Waals surface area contributed by atoms with E-state index in [-0.39, 0.29) is 23.2 Å². The minimum absolute atomic E-state index is 0.0811. The number of nitrogens with one attached hydrogen (secondary N) is 1. The van der Waals surface area contributed by atoms with Crippen molar-refractivity contribution in [2.24, 2.45) is 0 Å². The second-order valence-electron chi connectivity index (χ2n) is 8.25. The Morgan fingerprint density at radius 1 is 1.10 bits per heavy atom. The molecule has 0 aromatic heterocycles. The zero-order valence-corrected chi connectivity index (χ0v) is 17.6. The molecule has 8 nitrogen and oxygen atoms in total. The molecule has 1 N–H and O–H groups in total. The van der Waals surface area contributed by atoms with Crippen molar-refractivity contribution in [3.8, 4) is 0 Å². The van der Waals surface area contributed by atoms with Crippen LogP contribution in [0.4, 0.5) is 11.4 Å². The SMILES string of the molecule is C[C@@H](OC(=O)c1ccc(N2CCCCCC2)c([N+](=O)[O-])c1)C(=O)NC1CCCCC1. The van der Waals surface area contributed by atoms with E-state index in [2.05, 4.69) is 5.32 Å². The first-order valence-electron chi connectivity index (χ1n) is 11.0. The van der Waals surface area contributed by atoms with Crippen molar-refractivity contribution in [3.63, 3.8) is 0 Å². The van der Waals surface area contributed by atoms with Crippen LogP contribution >= 0.6 is 0 Å². The van der Waals surface area contributed by atoms with Gasteiger partial charge in [0.05, 0.1) is 10.5 Å². The van der Waals surface area contributed by atoms with E-state index in [9.17, 15) is 19.7 Å². The molecule has 0 radical (unpaired) electrons. The second-order valence-corrected chi connectivity index (χ2v) is 8.25. The summed E-state index contributed by atoms with van der Waals surface area (Å²) in [7, 11) is 0. The average Bonchev–Trinajstić information content (AvgIpc) is 3.03. The van der Waals surface area contributed by atoms with Crippen LogP contribution in [0.15, 0.2) is 18.2 Å². The van der Waals surface area contributed by atoms with Crippen LogP contribution in [0.1, 0.15) is 75.1 Å². The van der Waals surface area contributed by atoms with E-state index in [1.807, 2.05) is 4.90 Å². The van der Waals surface area contributed by atoms with E-state index in [1.165, 1.54) is 19.4 Å². The molecule has 3 rings (SSSR count). The predicted molar refractivity (Wildman–Crippen MR) is 114 cm³/mol. The molecule has 164 valence electrons. The summed E-state index contributed by atoms with van der Waals surface area (Å²) >= 11 is 0. The number of carbonyl (C=O) groups excluding carboxylic acids is 2. The van der Waals surface area contributed by atoms with E-state index in [1.54, 1.807) is 12.1 Å². The number of nitrogens with zero attached hydrogens (tertiary/aromatic N) is 2. The number of hydrogen-bond acceptors (Lipinski definition) is 6. The number of benzene rings is 1. The lowest BCUT2D eigenvalue weighted by Gasteiger charge is -2.24. The number of nitro groups is 1. The molecule has 1 aromatic rings. The van der Waals surface area contributed by atoms with Crippen LogP contribution in [-0.4, -0.2) is 42.0 Å². The Morgan fingerprint density at radius 3 is 2.37 bits per heavy atom. The van der Waals surface area contributed by atoms with Crippen LogP contribution < -0.4 is 10.2 Å². The Balaban J connectivity index is 1.66. The maximum atomic E-state index is 12.5. The zero-order chi connectivity index (χ0) is 21.5. The fraction of sp³-hybridized carbons (Fsp3) is 0.636. The van der Waals surface area contributed by atoms with Gasteiger partial charge in [0.1, 0.15) is 5.69 Å². The summed E-state index contributed by atoms with van der Waals surface area (Å²) < 4.78 is 5.29. The summed E-state index contributed by atoms with van der Waals surface area (Å²) in [4.78, 5) is 38.1. The van der Waals surface area contributed by atoms with E-state index in [0.29, 0.717) is 5.69 Å². The first-order chi connectivity index (χ1) is 14.5. The van der Waals surface area contributed by atoms with E-state index in [0.717, 1.165) is 64.5 Å². The summed E-state index contributed by atoms with van der Waals surface area (Å²) in [6, 6.07) is 4.55. The van der Waals surface area contributed by atoms with Gasteiger partial charge >= 0.3 is 5.97 Å². The molecule has 30 heavy (non-hydrogen) atoms. The zero-order valence-electron chi connectivity index (χ0n) is 17.6. The standard InChI is InChI=1S/C22H31N3O5/c1-16(21(26)23-18-9-5-4-6-10-18)30-22(27)17-11-12-19(20(15-17)25(28)29)24-13-7-2-3-8-14-24/h11-12,15-16,18H,2-10,13-14H2,1H3,(H,23,26)/t16-/m1/s1. The summed E-state index contributed by atoms with van der Waals surface area (Å²) in [6.45, 7) is 3.06. The number of nitro benzene ring substituents is 1. The number of ether oxygens (including phenoxy) is 1. The molecule has 1 saturated heterocycles. The Morgan fingerprint density at radius 2 is 1.73 bits per heavy atom. The van der Waals surface area contributed by atoms with Gasteiger partial charge < -0.3 is 15.0 Å². The van der Waals surface area contributed by atoms with Gasteiger partial charge in [0.2, 0.25) is 0 Å². The molecule has 1 aliphatic carbocycles. The van der Waals surface area contributed by atoms with Crippen molar-refractivity contribution < 1.29 is 19.2 Å². The summed E-state index contributed by atoms with van der Waals surface area (Å²) in [5, 5.41) is 14.6. The fourth-order valence-corrected chi connectivity index (χ4v) is 4.22. The highest BCUT2D eigenvalue weighted by atomic mass is 16.6. The van der Waals surface area contributed by atoms with Gasteiger partial charge in [-0.25, -0.2) is 4.79 Å². The lowest BCUT2D eigenvalue weighted by molar-refractivity contribution is -0.384. The molecule has 0 unspecified atom stereocenters. The quantitative estimate of drug-likeness (QED) is 0.427. The lowest BCUT2D eigenvalue weighted by atomic mass is 9.95. The first-order valence-corrected chi connectivity index (χ1v) is 11.0. The van der Waals surface area contributed by atoms with Gasteiger partial charge in [-0.15, -0.1) is 0 Å². The van der Waals surface area contributed by atoms with E-state index < -0.39 is 17.0 Å². The normalized spacial score (nSPS) is 18.9. The third-order valence-electron chi connectivity index (χ3n) is 5.96. The number of rotatable bonds is 6. The maximum Gasteiger partial charge on any atom is 0.339 e. The van der Waals surface area contributed by atoms with Crippen LogP contribution in [-0.2, 0) is 9.53 Å². The first kappa shape index (κ1) is 22.1. The maximum absolute atomic E-state index is 12.5. The van der Waals surface area contributed by atoms with Gasteiger partial charge in [-0.05, 0) is 44.7 Å². The van der Waals surface area contributed by atoms with Crippen LogP contribution in [0.5, 0.6) is 0 Å². The molecule has 2 aliphatic rings. The Hall–Kier alpha value is -2.64. The topological polar surface area (TPSA) is 102 Å². The van der Waals surface area contributed by atoms with E-state index in [4.69, 9.17) is 4.74 Å². The van der Waals surface area contributed by atoms with Crippen LogP contribution in [0.3, 0.4) is 0 Å². The highest BCUT2D eigenvalue weighted by Crippen LogP contribution is 2.31. The molecule has 1 aliphatic heterocycles. The molecule has 2 fully saturated rings. The van der Waals surface area contributed by atoms with Gasteiger partial charge in [-0.3, -0.25) is 14.9 Å².